The van der Waals surface area contributed by atoms with Crippen LogP contribution < -0.4 is 16.0 Å². The summed E-state index contributed by atoms with van der Waals surface area (Å²) in [6.45, 7) is 0.739. The maximum atomic E-state index is 13.0. The van der Waals surface area contributed by atoms with Crippen molar-refractivity contribution in [3.05, 3.63) is 71.3 Å². The molecular weight excluding hydrogens is 457 g/mol. The Bertz CT molecular complexity index is 1090. The van der Waals surface area contributed by atoms with Gasteiger partial charge in [-0.25, -0.2) is 0 Å². The second-order valence-electron chi connectivity index (χ2n) is 8.67. The molecule has 1 aromatic heterocycles. The number of benzene rings is 2. The first-order chi connectivity index (χ1) is 16.8. The molecule has 0 radical (unpaired) electrons. The van der Waals surface area contributed by atoms with Crippen LogP contribution in [0, 0.1) is 0 Å². The monoisotopic (exact) mass is 486 g/mol. The summed E-state index contributed by atoms with van der Waals surface area (Å²) < 4.78 is 39.1. The second-order valence-corrected chi connectivity index (χ2v) is 8.67. The molecule has 4 rings (SSSR count). The summed E-state index contributed by atoms with van der Waals surface area (Å²) in [6, 6.07) is 15.3. The zero-order valence-electron chi connectivity index (χ0n) is 19.2. The molecule has 0 amide bonds. The number of aliphatic hydroxyl groups excluding tert-OH is 1. The quantitative estimate of drug-likeness (QED) is 0.343. The van der Waals surface area contributed by atoms with E-state index in [1.54, 1.807) is 6.07 Å². The first kappa shape index (κ1) is 24.7. The molecule has 0 spiro atoms. The Balaban J connectivity index is 1.45. The van der Waals surface area contributed by atoms with E-state index < -0.39 is 11.7 Å². The van der Waals surface area contributed by atoms with Crippen molar-refractivity contribution in [3.63, 3.8) is 0 Å². The molecule has 2 aromatic carbocycles. The smallest absolute Gasteiger partial charge is 0.393 e. The number of hydrogen-bond donors (Lipinski definition) is 4. The fourth-order valence-electron chi connectivity index (χ4n) is 4.00. The van der Waals surface area contributed by atoms with Crippen LogP contribution in [0.25, 0.3) is 0 Å². The van der Waals surface area contributed by atoms with E-state index in [1.807, 2.05) is 30.3 Å². The minimum absolute atomic E-state index is 0.131. The van der Waals surface area contributed by atoms with Gasteiger partial charge in [0, 0.05) is 19.1 Å². The van der Waals surface area contributed by atoms with E-state index in [4.69, 9.17) is 0 Å². The minimum atomic E-state index is -4.40. The van der Waals surface area contributed by atoms with Crippen molar-refractivity contribution in [2.24, 2.45) is 0 Å². The maximum Gasteiger partial charge on any atom is 0.416 e. The van der Waals surface area contributed by atoms with Crippen molar-refractivity contribution < 1.29 is 18.3 Å². The van der Waals surface area contributed by atoms with E-state index >= 15 is 0 Å². The molecule has 4 N–H and O–H groups in total. The third-order valence-electron chi connectivity index (χ3n) is 5.91. The third kappa shape index (κ3) is 7.54. The fraction of sp³-hybridized carbons (Fsp3) is 0.400. The van der Waals surface area contributed by atoms with Crippen molar-refractivity contribution in [3.8, 4) is 0 Å². The highest BCUT2D eigenvalue weighted by atomic mass is 19.4. The maximum absolute atomic E-state index is 13.0. The van der Waals surface area contributed by atoms with Gasteiger partial charge < -0.3 is 21.1 Å². The van der Waals surface area contributed by atoms with Crippen LogP contribution in [-0.4, -0.2) is 38.7 Å². The van der Waals surface area contributed by atoms with Crippen LogP contribution in [0.2, 0.25) is 0 Å². The summed E-state index contributed by atoms with van der Waals surface area (Å²) in [6.07, 6.45) is -0.858. The van der Waals surface area contributed by atoms with Crippen LogP contribution in [0.4, 0.5) is 31.0 Å². The molecule has 0 unspecified atom stereocenters. The molecule has 0 aliphatic heterocycles. The largest absolute Gasteiger partial charge is 0.416 e. The lowest BCUT2D eigenvalue weighted by Gasteiger charge is -2.26. The van der Waals surface area contributed by atoms with Crippen molar-refractivity contribution in [2.75, 3.05) is 22.5 Å². The van der Waals surface area contributed by atoms with E-state index in [-0.39, 0.29) is 24.6 Å². The summed E-state index contributed by atoms with van der Waals surface area (Å²) in [5, 5.41) is 19.3. The third-order valence-corrected chi connectivity index (χ3v) is 5.91. The highest BCUT2D eigenvalue weighted by Crippen LogP contribution is 2.29. The zero-order chi connectivity index (χ0) is 24.7. The first-order valence-electron chi connectivity index (χ1n) is 11.7. The Morgan fingerprint density at radius 1 is 0.800 bits per heavy atom. The highest BCUT2D eigenvalue weighted by Gasteiger charge is 2.30. The molecule has 1 heterocycles. The molecule has 1 fully saturated rings. The van der Waals surface area contributed by atoms with Crippen molar-refractivity contribution in [2.45, 2.75) is 57.0 Å². The van der Waals surface area contributed by atoms with Crippen LogP contribution >= 0.6 is 0 Å². The molecule has 1 saturated carbocycles. The summed E-state index contributed by atoms with van der Waals surface area (Å²) >= 11 is 0. The Kier molecular flexibility index (Phi) is 8.02. The number of nitrogens with one attached hydrogen (secondary N) is 3. The lowest BCUT2D eigenvalue weighted by molar-refractivity contribution is -0.137. The van der Waals surface area contributed by atoms with Crippen LogP contribution in [0.3, 0.4) is 0 Å². The highest BCUT2D eigenvalue weighted by molar-refractivity contribution is 5.43. The van der Waals surface area contributed by atoms with Gasteiger partial charge >= 0.3 is 6.18 Å². The van der Waals surface area contributed by atoms with Gasteiger partial charge in [0.25, 0.3) is 0 Å². The first-order valence-corrected chi connectivity index (χ1v) is 11.7. The number of hydrogen-bond acceptors (Lipinski definition) is 7. The fourth-order valence-corrected chi connectivity index (χ4v) is 4.00. The summed E-state index contributed by atoms with van der Waals surface area (Å²) in [5.41, 5.74) is 0.947. The minimum Gasteiger partial charge on any atom is -0.393 e. The van der Waals surface area contributed by atoms with Crippen LogP contribution in [0.5, 0.6) is 0 Å². The van der Waals surface area contributed by atoms with Gasteiger partial charge in [-0.05, 0) is 55.4 Å². The van der Waals surface area contributed by atoms with Gasteiger partial charge in [0.2, 0.25) is 17.8 Å². The van der Waals surface area contributed by atoms with E-state index in [0.29, 0.717) is 36.8 Å². The zero-order valence-corrected chi connectivity index (χ0v) is 19.2. The predicted octanol–water partition coefficient (Wildman–Crippen LogP) is 4.87. The molecule has 0 bridgehead atoms. The topological polar surface area (TPSA) is 95.0 Å². The number of anilines is 3. The van der Waals surface area contributed by atoms with Gasteiger partial charge in [-0.3, -0.25) is 0 Å². The summed E-state index contributed by atoms with van der Waals surface area (Å²) in [4.78, 5) is 13.3. The lowest BCUT2D eigenvalue weighted by Crippen LogP contribution is -2.29. The van der Waals surface area contributed by atoms with Crippen molar-refractivity contribution >= 4 is 17.8 Å². The molecule has 35 heavy (non-hydrogen) atoms. The Morgan fingerprint density at radius 2 is 1.46 bits per heavy atom. The molecule has 186 valence electrons. The molecule has 1 aliphatic rings. The van der Waals surface area contributed by atoms with Crippen LogP contribution in [0.1, 0.15) is 42.4 Å². The number of aliphatic hydroxyl groups is 1. The number of halogens is 3. The van der Waals surface area contributed by atoms with Gasteiger partial charge in [0.05, 0.1) is 11.7 Å². The molecule has 1 aliphatic carbocycles. The van der Waals surface area contributed by atoms with Crippen molar-refractivity contribution in [1.82, 2.24) is 15.0 Å². The average Bonchev–Trinajstić information content (AvgIpc) is 2.84. The Hall–Kier alpha value is -3.40. The van der Waals surface area contributed by atoms with Gasteiger partial charge in [0.1, 0.15) is 0 Å². The van der Waals surface area contributed by atoms with Gasteiger partial charge in [-0.15, -0.1) is 0 Å². The Labute approximate surface area is 202 Å². The van der Waals surface area contributed by atoms with E-state index in [2.05, 4.69) is 30.9 Å². The summed E-state index contributed by atoms with van der Waals surface area (Å²) in [5.74, 6) is 1.02. The van der Waals surface area contributed by atoms with Crippen molar-refractivity contribution in [1.29, 1.82) is 0 Å². The number of rotatable bonds is 9. The molecule has 0 atom stereocenters. The molecule has 10 heteroatoms. The van der Waals surface area contributed by atoms with Crippen LogP contribution in [-0.2, 0) is 19.1 Å². The van der Waals surface area contributed by atoms with Gasteiger partial charge in [0.15, 0.2) is 0 Å². The summed E-state index contributed by atoms with van der Waals surface area (Å²) in [7, 11) is 0. The average molecular weight is 487 g/mol. The van der Waals surface area contributed by atoms with Crippen LogP contribution in [0.15, 0.2) is 54.6 Å². The van der Waals surface area contributed by atoms with Gasteiger partial charge in [-0.1, -0.05) is 42.5 Å². The number of alkyl halides is 3. The number of nitrogens with zero attached hydrogens (tertiary/aromatic N) is 3. The molecule has 7 nitrogen and oxygen atoms in total. The van der Waals surface area contributed by atoms with E-state index in [9.17, 15) is 18.3 Å². The Morgan fingerprint density at radius 3 is 2.17 bits per heavy atom. The predicted molar refractivity (Wildman–Crippen MR) is 129 cm³/mol. The van der Waals surface area contributed by atoms with Gasteiger partial charge in [-0.2, -0.15) is 28.1 Å². The molecule has 3 aromatic rings. The standard InChI is InChI=1S/C25H29F3N6O/c26-25(27,28)19-8-4-7-18(15-19)16-30-23-32-22(29-14-13-17-5-2-1-3-6-17)33-24(34-23)31-20-9-11-21(35)12-10-20/h1-8,15,20-21,35H,9-14,16H2,(H3,29,30,31,32,33,34). The normalized spacial score (nSPS) is 18.2. The van der Waals surface area contributed by atoms with E-state index in [0.717, 1.165) is 31.4 Å². The van der Waals surface area contributed by atoms with E-state index in [1.165, 1.54) is 11.6 Å². The second kappa shape index (κ2) is 11.4. The molecule has 0 saturated heterocycles. The SMILES string of the molecule is OC1CCC(Nc2nc(NCCc3ccccc3)nc(NCc3cccc(C(F)(F)F)c3)n2)CC1. The lowest BCUT2D eigenvalue weighted by atomic mass is 9.93. The molecular formula is C25H29F3N6O. The number of aromatic nitrogens is 3.